The molecule has 13 nitrogen and oxygen atoms in total. The summed E-state index contributed by atoms with van der Waals surface area (Å²) in [5.41, 5.74) is 10.2. The number of amides is 2. The Morgan fingerprint density at radius 1 is 0.902 bits per heavy atom. The molecule has 3 atom stereocenters. The van der Waals surface area contributed by atoms with Crippen molar-refractivity contribution in [3.8, 4) is 0 Å². The summed E-state index contributed by atoms with van der Waals surface area (Å²) < 4.78 is 19.7. The van der Waals surface area contributed by atoms with Gasteiger partial charge < -0.3 is 24.5 Å². The van der Waals surface area contributed by atoms with Crippen LogP contribution in [-0.4, -0.2) is 68.8 Å². The number of imide groups is 1. The van der Waals surface area contributed by atoms with Crippen LogP contribution in [0.1, 0.15) is 70.8 Å². The summed E-state index contributed by atoms with van der Waals surface area (Å²) in [5, 5.41) is 1.29. The number of benzene rings is 3. The third-order valence-corrected chi connectivity index (χ3v) is 9.05. The van der Waals surface area contributed by atoms with E-state index in [1.54, 1.807) is 59.3 Å². The number of carbonyl (C=O) groups is 4. The van der Waals surface area contributed by atoms with Gasteiger partial charge in [0.25, 0.3) is 11.8 Å². The average molecular weight is 710 g/mol. The number of hydrogen-bond donors (Lipinski definition) is 1. The first-order valence-corrected chi connectivity index (χ1v) is 16.5. The minimum absolute atomic E-state index is 0.0643. The summed E-state index contributed by atoms with van der Waals surface area (Å²) in [6, 6.07) is 20.4. The van der Waals surface area contributed by atoms with Crippen LogP contribution >= 0.6 is 11.6 Å². The van der Waals surface area contributed by atoms with E-state index in [4.69, 9.17) is 36.4 Å². The first-order valence-electron chi connectivity index (χ1n) is 16.2. The number of anilines is 1. The first kappa shape index (κ1) is 33.8. The average Bonchev–Trinajstić information content (AvgIpc) is 3.76. The zero-order valence-corrected chi connectivity index (χ0v) is 28.3. The van der Waals surface area contributed by atoms with Gasteiger partial charge in [0.05, 0.1) is 34.2 Å². The van der Waals surface area contributed by atoms with Gasteiger partial charge in [0.1, 0.15) is 35.8 Å². The molecule has 2 aromatic heterocycles. The Morgan fingerprint density at radius 3 is 2.14 bits per heavy atom. The maximum absolute atomic E-state index is 13.2. The summed E-state index contributed by atoms with van der Waals surface area (Å²) in [4.78, 5) is 66.0. The van der Waals surface area contributed by atoms with E-state index in [1.807, 2.05) is 38.1 Å². The molecule has 1 fully saturated rings. The molecule has 5 aromatic rings. The van der Waals surface area contributed by atoms with Gasteiger partial charge in [0.15, 0.2) is 0 Å². The molecule has 0 bridgehead atoms. The predicted molar refractivity (Wildman–Crippen MR) is 184 cm³/mol. The number of aryl methyl sites for hydroxylation is 2. The molecule has 260 valence electrons. The van der Waals surface area contributed by atoms with Crippen molar-refractivity contribution >= 4 is 52.3 Å². The normalized spacial score (nSPS) is 18.3. The van der Waals surface area contributed by atoms with E-state index >= 15 is 0 Å². The number of esters is 2. The number of hydrogen-bond acceptors (Lipinski definition) is 11. The van der Waals surface area contributed by atoms with Crippen LogP contribution < -0.4 is 5.73 Å². The van der Waals surface area contributed by atoms with Crippen molar-refractivity contribution < 1.29 is 38.2 Å². The summed E-state index contributed by atoms with van der Waals surface area (Å²) in [7, 11) is 0. The molecule has 0 spiro atoms. The highest BCUT2D eigenvalue weighted by molar-refractivity contribution is 6.34. The van der Waals surface area contributed by atoms with Crippen LogP contribution in [0, 0.1) is 13.8 Å². The SMILES string of the molecule is Cc1ccc(C(=O)OC[C@H]2O[C@@H](n3cc(CCON4C(=O)c5ccccc5C4=O)c4c(Cl)nc(N)nc43)C[C@@H]2OC(=O)c2ccc(C)cc2)cc1. The second-order valence-corrected chi connectivity index (χ2v) is 12.7. The summed E-state index contributed by atoms with van der Waals surface area (Å²) in [6.45, 7) is 3.56. The largest absolute Gasteiger partial charge is 0.459 e. The Balaban J connectivity index is 1.13. The topological polar surface area (TPSA) is 165 Å². The van der Waals surface area contributed by atoms with Crippen LogP contribution in [0.4, 0.5) is 5.95 Å². The van der Waals surface area contributed by atoms with Gasteiger partial charge in [-0.25, -0.2) is 14.6 Å². The minimum atomic E-state index is -0.841. The molecule has 2 amide bonds. The van der Waals surface area contributed by atoms with Crippen molar-refractivity contribution in [2.75, 3.05) is 18.9 Å². The van der Waals surface area contributed by atoms with Gasteiger partial charge >= 0.3 is 11.9 Å². The molecule has 0 unspecified atom stereocenters. The fourth-order valence-electron chi connectivity index (χ4n) is 6.11. The van der Waals surface area contributed by atoms with Crippen molar-refractivity contribution in [3.05, 3.63) is 123 Å². The van der Waals surface area contributed by atoms with E-state index in [9.17, 15) is 19.2 Å². The number of nitrogens with two attached hydrogens (primary N) is 1. The highest BCUT2D eigenvalue weighted by atomic mass is 35.5. The Bertz CT molecular complexity index is 2130. The van der Waals surface area contributed by atoms with Crippen LogP contribution in [0.15, 0.2) is 79.0 Å². The highest BCUT2D eigenvalue weighted by Crippen LogP contribution is 2.37. The second-order valence-electron chi connectivity index (χ2n) is 12.3. The first-order chi connectivity index (χ1) is 24.6. The lowest BCUT2D eigenvalue weighted by molar-refractivity contribution is -0.0901. The number of halogens is 1. The van der Waals surface area contributed by atoms with Crippen LogP contribution in [0.25, 0.3) is 11.0 Å². The van der Waals surface area contributed by atoms with E-state index in [2.05, 4.69) is 9.97 Å². The molecule has 1 saturated heterocycles. The molecule has 3 aromatic carbocycles. The molecule has 0 radical (unpaired) electrons. The fraction of sp³-hybridized carbons (Fsp3) is 0.243. The zero-order chi connectivity index (χ0) is 35.8. The molecular formula is C37H32ClN5O8. The molecule has 7 rings (SSSR count). The lowest BCUT2D eigenvalue weighted by Gasteiger charge is -2.19. The lowest BCUT2D eigenvalue weighted by atomic mass is 10.1. The number of nitrogen functional groups attached to an aromatic ring is 1. The van der Waals surface area contributed by atoms with E-state index in [-0.39, 0.29) is 48.3 Å². The molecule has 2 N–H and O–H groups in total. The van der Waals surface area contributed by atoms with Gasteiger partial charge in [-0.3, -0.25) is 14.4 Å². The number of aromatic nitrogens is 3. The third kappa shape index (κ3) is 6.78. The Labute approximate surface area is 296 Å². The predicted octanol–water partition coefficient (Wildman–Crippen LogP) is 5.42. The summed E-state index contributed by atoms with van der Waals surface area (Å²) in [5.74, 6) is -2.29. The van der Waals surface area contributed by atoms with Gasteiger partial charge in [-0.1, -0.05) is 59.1 Å². The van der Waals surface area contributed by atoms with Crippen molar-refractivity contribution in [2.24, 2.45) is 0 Å². The van der Waals surface area contributed by atoms with Crippen molar-refractivity contribution in [1.29, 1.82) is 0 Å². The maximum Gasteiger partial charge on any atom is 0.338 e. The van der Waals surface area contributed by atoms with Gasteiger partial charge in [-0.2, -0.15) is 4.98 Å². The molecule has 14 heteroatoms. The van der Waals surface area contributed by atoms with E-state index in [0.717, 1.165) is 16.2 Å². The van der Waals surface area contributed by atoms with Gasteiger partial charge in [0.2, 0.25) is 5.95 Å². The summed E-state index contributed by atoms with van der Waals surface area (Å²) >= 11 is 6.59. The Kier molecular flexibility index (Phi) is 9.25. The van der Waals surface area contributed by atoms with E-state index < -0.39 is 42.2 Å². The molecular weight excluding hydrogens is 678 g/mol. The number of carbonyl (C=O) groups excluding carboxylic acids is 4. The molecule has 51 heavy (non-hydrogen) atoms. The number of nitrogens with zero attached hydrogens (tertiary/aromatic N) is 4. The molecule has 2 aliphatic heterocycles. The molecule has 2 aliphatic rings. The van der Waals surface area contributed by atoms with Crippen molar-refractivity contribution in [3.63, 3.8) is 0 Å². The quantitative estimate of drug-likeness (QED) is 0.112. The van der Waals surface area contributed by atoms with Crippen LogP contribution in [0.3, 0.4) is 0 Å². The van der Waals surface area contributed by atoms with Crippen LogP contribution in [0.5, 0.6) is 0 Å². The van der Waals surface area contributed by atoms with Crippen LogP contribution in [-0.2, 0) is 25.5 Å². The molecule has 0 aliphatic carbocycles. The van der Waals surface area contributed by atoms with Gasteiger partial charge in [-0.05, 0) is 55.8 Å². The Morgan fingerprint density at radius 2 is 1.51 bits per heavy atom. The zero-order valence-electron chi connectivity index (χ0n) is 27.6. The minimum Gasteiger partial charge on any atom is -0.459 e. The van der Waals surface area contributed by atoms with Crippen LogP contribution in [0.2, 0.25) is 5.15 Å². The van der Waals surface area contributed by atoms with Gasteiger partial charge in [-0.15, -0.1) is 5.06 Å². The van der Waals surface area contributed by atoms with E-state index in [1.165, 1.54) is 0 Å². The summed E-state index contributed by atoms with van der Waals surface area (Å²) in [6.07, 6.45) is -0.321. The number of rotatable bonds is 10. The Hall–Kier alpha value is -5.63. The smallest absolute Gasteiger partial charge is 0.338 e. The van der Waals surface area contributed by atoms with E-state index in [0.29, 0.717) is 27.7 Å². The number of ether oxygens (including phenoxy) is 3. The highest BCUT2D eigenvalue weighted by Gasteiger charge is 2.41. The molecule has 0 saturated carbocycles. The monoisotopic (exact) mass is 709 g/mol. The second kappa shape index (κ2) is 13.9. The number of hydroxylamine groups is 2. The lowest BCUT2D eigenvalue weighted by Crippen LogP contribution is -2.32. The molecule has 4 heterocycles. The van der Waals surface area contributed by atoms with Crippen molar-refractivity contribution in [1.82, 2.24) is 19.6 Å². The van der Waals surface area contributed by atoms with Crippen molar-refractivity contribution in [2.45, 2.75) is 45.1 Å². The maximum atomic E-state index is 13.2. The van der Waals surface area contributed by atoms with Gasteiger partial charge in [0, 0.05) is 19.0 Å². The third-order valence-electron chi connectivity index (χ3n) is 8.77. The number of fused-ring (bicyclic) bond motifs is 2. The fourth-order valence-corrected chi connectivity index (χ4v) is 6.40. The standard InChI is InChI=1S/C37H32ClN5O8/c1-20-7-11-22(12-8-20)35(46)48-19-28-27(51-36(47)23-13-9-21(2)10-14-23)17-29(50-28)42-18-24(30-31(38)40-37(39)41-32(30)42)15-16-49-43-33(44)25-5-3-4-6-26(25)34(43)45/h3-14,18,27-29H,15-17,19H2,1-2H3,(H2,39,40,41)/t27-,28+,29+/m0/s1.